The number of carbonyl (C=O) groups is 1. The summed E-state index contributed by atoms with van der Waals surface area (Å²) in [4.78, 5) is 11.2. The lowest BCUT2D eigenvalue weighted by Crippen LogP contribution is -2.06. The van der Waals surface area contributed by atoms with E-state index in [4.69, 9.17) is 4.74 Å². The van der Waals surface area contributed by atoms with Crippen LogP contribution in [0.3, 0.4) is 0 Å². The van der Waals surface area contributed by atoms with E-state index < -0.39 is 0 Å². The molecule has 0 N–H and O–H groups in total. The van der Waals surface area contributed by atoms with Crippen LogP contribution in [0.2, 0.25) is 0 Å². The molecule has 75 valence electrons. The van der Waals surface area contributed by atoms with E-state index in [0.717, 1.165) is 11.5 Å². The molecule has 1 aromatic carbocycles. The third kappa shape index (κ3) is 4.08. The lowest BCUT2D eigenvalue weighted by molar-refractivity contribution is -0.144. The van der Waals surface area contributed by atoms with E-state index in [1.54, 1.807) is 0 Å². The predicted octanol–water partition coefficient (Wildman–Crippen LogP) is 2.73. The monoisotopic (exact) mass is 191 g/mol. The molecule has 0 unspecified atom stereocenters. The number of hydrogen-bond acceptors (Lipinski definition) is 2. The van der Waals surface area contributed by atoms with Crippen LogP contribution < -0.4 is 0 Å². The van der Waals surface area contributed by atoms with E-state index in [2.05, 4.69) is 0 Å². The summed E-state index contributed by atoms with van der Waals surface area (Å²) in [5, 5.41) is 0. The quantitative estimate of drug-likeness (QED) is 0.684. The highest BCUT2D eigenvalue weighted by atomic mass is 16.5. The molecule has 1 rings (SSSR count). The molecule has 0 spiro atoms. The molecule has 0 saturated heterocycles. The molecule has 2 nitrogen and oxygen atoms in total. The average molecular weight is 191 g/mol. The lowest BCUT2D eigenvalue weighted by atomic mass is 10.1. The molecule has 0 heterocycles. The highest BCUT2D eigenvalue weighted by Crippen LogP contribution is 2.06. The zero-order valence-corrected chi connectivity index (χ0v) is 8.62. The maximum Gasteiger partial charge on any atom is 0.306 e. The molecule has 1 aromatic rings. The van der Waals surface area contributed by atoms with Crippen molar-refractivity contribution in [2.24, 2.45) is 0 Å². The van der Waals surface area contributed by atoms with E-state index in [1.807, 2.05) is 44.2 Å². The Hall–Kier alpha value is -1.31. The third-order valence-electron chi connectivity index (χ3n) is 1.74. The van der Waals surface area contributed by atoms with Gasteiger partial charge in [-0.3, -0.25) is 4.79 Å². The first-order valence-electron chi connectivity index (χ1n) is 4.67. The van der Waals surface area contributed by atoms with Gasteiger partial charge in [-0.05, 0) is 11.5 Å². The molecule has 0 aliphatic rings. The number of carbonyl (C=O) groups excluding carboxylic acids is 1. The first kappa shape index (κ1) is 10.8. The fourth-order valence-electron chi connectivity index (χ4n) is 1.08. The Morgan fingerprint density at radius 1 is 1.21 bits per heavy atom. The van der Waals surface area contributed by atoms with Gasteiger partial charge in [0.15, 0.2) is 0 Å². The first-order chi connectivity index (χ1) is 6.68. The summed E-state index contributed by atoms with van der Waals surface area (Å²) in [7, 11) is 0. The maximum atomic E-state index is 11.2. The van der Waals surface area contributed by atoms with Gasteiger partial charge < -0.3 is 4.74 Å². The molecular weight excluding hydrogens is 176 g/mol. The summed E-state index contributed by atoms with van der Waals surface area (Å²) >= 11 is 0. The molecule has 0 aromatic heterocycles. The molecule has 0 saturated carbocycles. The minimum absolute atomic E-state index is 0.158. The van der Waals surface area contributed by atoms with E-state index in [1.165, 1.54) is 0 Å². The van der Waals surface area contributed by atoms with Crippen LogP contribution in [0.25, 0.3) is 0 Å². The van der Waals surface area contributed by atoms with Crippen molar-refractivity contribution in [3.05, 3.63) is 41.8 Å². The first-order valence-corrected chi connectivity index (χ1v) is 4.67. The summed E-state index contributed by atoms with van der Waals surface area (Å²) < 4.78 is 5.08. The van der Waals surface area contributed by atoms with Gasteiger partial charge in [-0.1, -0.05) is 44.2 Å². The van der Waals surface area contributed by atoms with Crippen LogP contribution in [0.1, 0.15) is 25.8 Å². The summed E-state index contributed by atoms with van der Waals surface area (Å²) in [5.74, 6) is 0.914. The van der Waals surface area contributed by atoms with Crippen molar-refractivity contribution >= 4 is 5.97 Å². The van der Waals surface area contributed by atoms with Crippen molar-refractivity contribution in [3.8, 4) is 0 Å². The molecule has 0 bridgehead atoms. The minimum atomic E-state index is -0.158. The van der Waals surface area contributed by atoms with Gasteiger partial charge in [0.25, 0.3) is 0 Å². The van der Waals surface area contributed by atoms with Crippen LogP contribution in [0.15, 0.2) is 30.3 Å². The topological polar surface area (TPSA) is 26.3 Å². The van der Waals surface area contributed by atoms with Gasteiger partial charge in [-0.2, -0.15) is 0 Å². The van der Waals surface area contributed by atoms with Crippen LogP contribution >= 0.6 is 0 Å². The van der Waals surface area contributed by atoms with Crippen molar-refractivity contribution in [1.29, 1.82) is 0 Å². The number of benzene rings is 1. The van der Waals surface area contributed by atoms with E-state index >= 15 is 0 Å². The van der Waals surface area contributed by atoms with E-state index in [0.29, 0.717) is 13.0 Å². The molecule has 1 radical (unpaired) electrons. The van der Waals surface area contributed by atoms with Crippen LogP contribution in [-0.2, 0) is 16.1 Å². The third-order valence-corrected chi connectivity index (χ3v) is 1.74. The summed E-state index contributed by atoms with van der Waals surface area (Å²) in [6.07, 6.45) is 0.410. The van der Waals surface area contributed by atoms with Crippen LogP contribution in [0.4, 0.5) is 0 Å². The van der Waals surface area contributed by atoms with Crippen molar-refractivity contribution in [2.75, 3.05) is 0 Å². The van der Waals surface area contributed by atoms with E-state index in [9.17, 15) is 4.79 Å². The van der Waals surface area contributed by atoms with Crippen molar-refractivity contribution in [1.82, 2.24) is 0 Å². The second-order valence-corrected chi connectivity index (χ2v) is 3.53. The molecule has 0 amide bonds. The van der Waals surface area contributed by atoms with Crippen molar-refractivity contribution in [2.45, 2.75) is 26.9 Å². The zero-order chi connectivity index (χ0) is 10.4. The highest BCUT2D eigenvalue weighted by molar-refractivity contribution is 5.71. The molecule has 0 fully saturated rings. The SMILES string of the molecule is C[C](C)CC(=O)OCc1ccccc1. The Labute approximate surface area is 84.9 Å². The van der Waals surface area contributed by atoms with Gasteiger partial charge in [0.2, 0.25) is 0 Å². The predicted molar refractivity (Wildman–Crippen MR) is 55.4 cm³/mol. The lowest BCUT2D eigenvalue weighted by Gasteiger charge is -2.05. The highest BCUT2D eigenvalue weighted by Gasteiger charge is 2.05. The second kappa shape index (κ2) is 5.43. The number of hydrogen-bond donors (Lipinski definition) is 0. The Kier molecular flexibility index (Phi) is 4.17. The zero-order valence-electron chi connectivity index (χ0n) is 8.62. The fraction of sp³-hybridized carbons (Fsp3) is 0.333. The molecular formula is C12H15O2. The Morgan fingerprint density at radius 2 is 1.86 bits per heavy atom. The van der Waals surface area contributed by atoms with Crippen LogP contribution in [0.5, 0.6) is 0 Å². The number of rotatable bonds is 4. The normalized spacial score (nSPS) is 10.2. The largest absolute Gasteiger partial charge is 0.461 e. The average Bonchev–Trinajstić information content (AvgIpc) is 2.15. The molecule has 0 atom stereocenters. The van der Waals surface area contributed by atoms with Crippen LogP contribution in [0, 0.1) is 5.92 Å². The Balaban J connectivity index is 2.31. The second-order valence-electron chi connectivity index (χ2n) is 3.53. The van der Waals surface area contributed by atoms with Gasteiger partial charge in [0, 0.05) is 0 Å². The van der Waals surface area contributed by atoms with Gasteiger partial charge in [0.1, 0.15) is 6.61 Å². The minimum Gasteiger partial charge on any atom is -0.461 e. The fourth-order valence-corrected chi connectivity index (χ4v) is 1.08. The molecule has 2 heteroatoms. The summed E-state index contributed by atoms with van der Waals surface area (Å²) in [6.45, 7) is 4.21. The molecule has 0 aliphatic heterocycles. The molecule has 0 aliphatic carbocycles. The standard InChI is InChI=1S/C12H15O2/c1-10(2)8-12(13)14-9-11-6-4-3-5-7-11/h3-7H,8-9H2,1-2H3. The Morgan fingerprint density at radius 3 is 2.43 bits per heavy atom. The van der Waals surface area contributed by atoms with Crippen LogP contribution in [-0.4, -0.2) is 5.97 Å². The Bertz CT molecular complexity index is 278. The van der Waals surface area contributed by atoms with Gasteiger partial charge in [0.05, 0.1) is 6.42 Å². The van der Waals surface area contributed by atoms with Gasteiger partial charge in [-0.15, -0.1) is 0 Å². The number of esters is 1. The maximum absolute atomic E-state index is 11.2. The van der Waals surface area contributed by atoms with Crippen molar-refractivity contribution < 1.29 is 9.53 Å². The smallest absolute Gasteiger partial charge is 0.306 e. The summed E-state index contributed by atoms with van der Waals surface area (Å²) in [5.41, 5.74) is 1.02. The van der Waals surface area contributed by atoms with E-state index in [-0.39, 0.29) is 5.97 Å². The van der Waals surface area contributed by atoms with Gasteiger partial charge in [-0.25, -0.2) is 0 Å². The number of ether oxygens (including phenoxy) is 1. The molecule has 14 heavy (non-hydrogen) atoms. The van der Waals surface area contributed by atoms with Gasteiger partial charge >= 0.3 is 5.97 Å². The summed E-state index contributed by atoms with van der Waals surface area (Å²) in [6, 6.07) is 9.68. The van der Waals surface area contributed by atoms with Crippen molar-refractivity contribution in [3.63, 3.8) is 0 Å².